The molecule has 88 valence electrons. The zero-order valence-electron chi connectivity index (χ0n) is 9.28. The van der Waals surface area contributed by atoms with Gasteiger partial charge in [-0.25, -0.2) is 4.39 Å². The van der Waals surface area contributed by atoms with Gasteiger partial charge in [-0.05, 0) is 18.5 Å². The van der Waals surface area contributed by atoms with Gasteiger partial charge in [0.2, 0.25) is 0 Å². The molecule has 1 aromatic rings. The molecule has 1 atom stereocenters. The van der Waals surface area contributed by atoms with Gasteiger partial charge in [-0.3, -0.25) is 4.79 Å². The molecule has 0 saturated carbocycles. The van der Waals surface area contributed by atoms with Crippen LogP contribution in [-0.2, 0) is 16.1 Å². The predicted octanol–water partition coefficient (Wildman–Crippen LogP) is 1.85. The monoisotopic (exact) mass is 225 g/mol. The molecule has 4 heteroatoms. The number of hydrogen-bond donors (Lipinski definition) is 1. The first-order valence-electron chi connectivity index (χ1n) is 5.22. The van der Waals surface area contributed by atoms with Gasteiger partial charge in [0, 0.05) is 12.0 Å². The molecule has 0 saturated heterocycles. The highest BCUT2D eigenvalue weighted by atomic mass is 19.1. The van der Waals surface area contributed by atoms with Crippen LogP contribution < -0.4 is 5.73 Å². The topological polar surface area (TPSA) is 52.3 Å². The molecule has 1 aromatic carbocycles. The zero-order valence-corrected chi connectivity index (χ0v) is 9.28. The van der Waals surface area contributed by atoms with E-state index in [9.17, 15) is 9.18 Å². The number of rotatable bonds is 5. The van der Waals surface area contributed by atoms with Crippen molar-refractivity contribution in [3.8, 4) is 0 Å². The number of hydrogen-bond acceptors (Lipinski definition) is 3. The summed E-state index contributed by atoms with van der Waals surface area (Å²) in [5, 5.41) is 0. The van der Waals surface area contributed by atoms with Crippen molar-refractivity contribution in [2.45, 2.75) is 20.0 Å². The fraction of sp³-hybridized carbons (Fsp3) is 0.417. The smallest absolute Gasteiger partial charge is 0.306 e. The van der Waals surface area contributed by atoms with Gasteiger partial charge < -0.3 is 10.5 Å². The Morgan fingerprint density at radius 3 is 2.81 bits per heavy atom. The Balaban J connectivity index is 2.40. The molecule has 0 spiro atoms. The van der Waals surface area contributed by atoms with Crippen LogP contribution in [0.15, 0.2) is 24.3 Å². The Labute approximate surface area is 94.4 Å². The van der Waals surface area contributed by atoms with Gasteiger partial charge in [0.15, 0.2) is 0 Å². The van der Waals surface area contributed by atoms with Gasteiger partial charge in [0.25, 0.3) is 0 Å². The Bertz CT molecular complexity index is 355. The third-order valence-electron chi connectivity index (χ3n) is 2.26. The van der Waals surface area contributed by atoms with Crippen LogP contribution in [0.25, 0.3) is 0 Å². The van der Waals surface area contributed by atoms with E-state index in [0.29, 0.717) is 12.1 Å². The van der Waals surface area contributed by atoms with Crippen molar-refractivity contribution in [1.29, 1.82) is 0 Å². The van der Waals surface area contributed by atoms with Gasteiger partial charge in [-0.15, -0.1) is 0 Å². The third kappa shape index (κ3) is 3.98. The summed E-state index contributed by atoms with van der Waals surface area (Å²) < 4.78 is 18.1. The molecule has 0 aliphatic heterocycles. The molecule has 0 bridgehead atoms. The highest BCUT2D eigenvalue weighted by Crippen LogP contribution is 2.09. The van der Waals surface area contributed by atoms with E-state index in [1.807, 2.05) is 6.92 Å². The Morgan fingerprint density at radius 2 is 2.19 bits per heavy atom. The van der Waals surface area contributed by atoms with E-state index in [1.165, 1.54) is 6.07 Å². The van der Waals surface area contributed by atoms with Crippen molar-refractivity contribution in [3.63, 3.8) is 0 Å². The fourth-order valence-electron chi connectivity index (χ4n) is 1.20. The molecule has 0 aliphatic carbocycles. The second kappa shape index (κ2) is 6.23. The van der Waals surface area contributed by atoms with Crippen LogP contribution in [0, 0.1) is 11.7 Å². The summed E-state index contributed by atoms with van der Waals surface area (Å²) in [6.07, 6.45) is 0.269. The molecule has 3 nitrogen and oxygen atoms in total. The van der Waals surface area contributed by atoms with Gasteiger partial charge in [0.1, 0.15) is 12.4 Å². The Morgan fingerprint density at radius 1 is 1.50 bits per heavy atom. The van der Waals surface area contributed by atoms with Crippen LogP contribution in [0.3, 0.4) is 0 Å². The van der Waals surface area contributed by atoms with Gasteiger partial charge in [0.05, 0.1) is 0 Å². The lowest BCUT2D eigenvalue weighted by atomic mass is 10.1. The average Bonchev–Trinajstić information content (AvgIpc) is 2.28. The van der Waals surface area contributed by atoms with Crippen molar-refractivity contribution >= 4 is 5.97 Å². The summed E-state index contributed by atoms with van der Waals surface area (Å²) in [6.45, 7) is 2.28. The zero-order chi connectivity index (χ0) is 12.0. The Hall–Kier alpha value is -1.42. The van der Waals surface area contributed by atoms with E-state index in [1.54, 1.807) is 18.2 Å². The molecule has 16 heavy (non-hydrogen) atoms. The van der Waals surface area contributed by atoms with E-state index >= 15 is 0 Å². The summed E-state index contributed by atoms with van der Waals surface area (Å²) in [5.41, 5.74) is 5.77. The summed E-state index contributed by atoms with van der Waals surface area (Å²) in [7, 11) is 0. The first kappa shape index (κ1) is 12.6. The van der Waals surface area contributed by atoms with E-state index < -0.39 is 0 Å². The quantitative estimate of drug-likeness (QED) is 0.778. The summed E-state index contributed by atoms with van der Waals surface area (Å²) >= 11 is 0. The van der Waals surface area contributed by atoms with Crippen LogP contribution in [0.5, 0.6) is 0 Å². The molecule has 0 heterocycles. The molecular formula is C12H16FNO2. The highest BCUT2D eigenvalue weighted by Gasteiger charge is 2.09. The second-order valence-corrected chi connectivity index (χ2v) is 3.80. The van der Waals surface area contributed by atoms with Crippen LogP contribution in [0.1, 0.15) is 18.9 Å². The lowest BCUT2D eigenvalue weighted by Gasteiger charge is -2.08. The largest absolute Gasteiger partial charge is 0.461 e. The second-order valence-electron chi connectivity index (χ2n) is 3.80. The number of esters is 1. The van der Waals surface area contributed by atoms with E-state index in [0.717, 1.165) is 0 Å². The minimum atomic E-state index is -0.359. The Kier molecular flexibility index (Phi) is 4.92. The minimum Gasteiger partial charge on any atom is -0.461 e. The first-order chi connectivity index (χ1) is 7.63. The molecular weight excluding hydrogens is 209 g/mol. The van der Waals surface area contributed by atoms with Crippen molar-refractivity contribution in [2.24, 2.45) is 11.7 Å². The number of carbonyl (C=O) groups excluding carboxylic acids is 1. The first-order valence-corrected chi connectivity index (χ1v) is 5.22. The number of ether oxygens (including phenoxy) is 1. The van der Waals surface area contributed by atoms with Crippen LogP contribution in [0.2, 0.25) is 0 Å². The average molecular weight is 225 g/mol. The van der Waals surface area contributed by atoms with E-state index in [2.05, 4.69) is 0 Å². The summed E-state index contributed by atoms with van der Waals surface area (Å²) in [5.74, 6) is -0.614. The third-order valence-corrected chi connectivity index (χ3v) is 2.26. The minimum absolute atomic E-state index is 0.0250. The number of halogens is 1. The molecule has 0 fully saturated rings. The molecule has 2 N–H and O–H groups in total. The van der Waals surface area contributed by atoms with Crippen molar-refractivity contribution in [3.05, 3.63) is 35.6 Å². The molecule has 0 aliphatic rings. The maximum absolute atomic E-state index is 13.2. The van der Waals surface area contributed by atoms with Crippen molar-refractivity contribution < 1.29 is 13.9 Å². The number of nitrogens with two attached hydrogens (primary N) is 1. The predicted molar refractivity (Wildman–Crippen MR) is 59.0 cm³/mol. The van der Waals surface area contributed by atoms with Gasteiger partial charge >= 0.3 is 5.97 Å². The summed E-state index contributed by atoms with van der Waals surface area (Å²) in [6, 6.07) is 6.23. The fourth-order valence-corrected chi connectivity index (χ4v) is 1.20. The number of carbonyl (C=O) groups is 1. The highest BCUT2D eigenvalue weighted by molar-refractivity contribution is 5.69. The SMILES string of the molecule is CC(CN)CC(=O)OCc1ccccc1F. The lowest BCUT2D eigenvalue weighted by Crippen LogP contribution is -2.16. The van der Waals surface area contributed by atoms with Gasteiger partial charge in [-0.2, -0.15) is 0 Å². The molecule has 0 radical (unpaired) electrons. The molecule has 1 unspecified atom stereocenters. The number of benzene rings is 1. The van der Waals surface area contributed by atoms with Crippen LogP contribution in [0.4, 0.5) is 4.39 Å². The van der Waals surface area contributed by atoms with Gasteiger partial charge in [-0.1, -0.05) is 25.1 Å². The van der Waals surface area contributed by atoms with Crippen LogP contribution >= 0.6 is 0 Å². The van der Waals surface area contributed by atoms with Crippen molar-refractivity contribution in [1.82, 2.24) is 0 Å². The van der Waals surface area contributed by atoms with Crippen molar-refractivity contribution in [2.75, 3.05) is 6.54 Å². The summed E-state index contributed by atoms with van der Waals surface area (Å²) in [4.78, 5) is 11.3. The normalized spacial score (nSPS) is 12.2. The molecule has 1 rings (SSSR count). The lowest BCUT2D eigenvalue weighted by molar-refractivity contribution is -0.145. The van der Waals surface area contributed by atoms with E-state index in [4.69, 9.17) is 10.5 Å². The van der Waals surface area contributed by atoms with E-state index in [-0.39, 0.29) is 30.7 Å². The molecule has 0 aromatic heterocycles. The maximum atomic E-state index is 13.2. The molecule has 0 amide bonds. The standard InChI is InChI=1S/C12H16FNO2/c1-9(7-14)6-12(15)16-8-10-4-2-3-5-11(10)13/h2-5,9H,6-8,14H2,1H3. The van der Waals surface area contributed by atoms with Crippen LogP contribution in [-0.4, -0.2) is 12.5 Å². The maximum Gasteiger partial charge on any atom is 0.306 e.